The van der Waals surface area contributed by atoms with E-state index in [4.69, 9.17) is 4.74 Å². The zero-order valence-corrected chi connectivity index (χ0v) is 18.1. The number of nitrogens with zero attached hydrogens (tertiary/aromatic N) is 1. The highest BCUT2D eigenvalue weighted by Gasteiger charge is 2.07. The van der Waals surface area contributed by atoms with E-state index in [0.29, 0.717) is 11.1 Å². The first kappa shape index (κ1) is 27.1. The van der Waals surface area contributed by atoms with Crippen molar-refractivity contribution in [1.82, 2.24) is 0 Å². The fourth-order valence-electron chi connectivity index (χ4n) is 2.32. The number of hydrogen-bond acceptors (Lipinski definition) is 4. The van der Waals surface area contributed by atoms with Gasteiger partial charge in [-0.1, -0.05) is 78.6 Å². The lowest BCUT2D eigenvalue weighted by Crippen LogP contribution is -2.45. The highest BCUT2D eigenvalue weighted by Crippen LogP contribution is 2.10. The Balaban J connectivity index is 0. The number of unbranched alkanes of at least 4 members (excludes halogenated alkanes) is 9. The van der Waals surface area contributed by atoms with E-state index in [1.165, 1.54) is 57.8 Å². The minimum atomic E-state index is -1.00. The first-order chi connectivity index (χ1) is 12.1. The molecule has 0 unspecified atom stereocenters. The molecule has 0 saturated heterocycles. The number of rotatable bonds is 14. The van der Waals surface area contributed by atoms with E-state index in [-0.39, 0.29) is 18.4 Å². The fourth-order valence-corrected chi connectivity index (χ4v) is 2.32. The molecule has 26 heavy (non-hydrogen) atoms. The van der Waals surface area contributed by atoms with Crippen LogP contribution in [0.1, 0.15) is 85.0 Å². The van der Waals surface area contributed by atoms with E-state index in [2.05, 4.69) is 6.92 Å². The van der Waals surface area contributed by atoms with Gasteiger partial charge in [-0.25, -0.2) is 0 Å². The molecule has 5 nitrogen and oxygen atoms in total. The molecule has 156 valence electrons. The van der Waals surface area contributed by atoms with Crippen molar-refractivity contribution in [3.63, 3.8) is 0 Å². The van der Waals surface area contributed by atoms with Crippen molar-refractivity contribution in [3.05, 3.63) is 0 Å². The Morgan fingerprint density at radius 1 is 0.846 bits per heavy atom. The van der Waals surface area contributed by atoms with Gasteiger partial charge in [0.15, 0.2) is 0 Å². The molecule has 0 aromatic heterocycles. The van der Waals surface area contributed by atoms with Gasteiger partial charge in [0.05, 0.1) is 39.6 Å². The molecule has 5 heteroatoms. The van der Waals surface area contributed by atoms with Crippen LogP contribution in [-0.4, -0.2) is 50.7 Å². The molecule has 0 radical (unpaired) electrons. The lowest BCUT2D eigenvalue weighted by Gasteiger charge is -2.23. The lowest BCUT2D eigenvalue weighted by molar-refractivity contribution is -0.864. The van der Waals surface area contributed by atoms with Crippen LogP contribution in [0.2, 0.25) is 0 Å². The SMILES string of the molecule is CCCCCCCCCCCCOC(=O)C(C)C.C[N+](C)(C)CC(=O)[O-]. The summed E-state index contributed by atoms with van der Waals surface area (Å²) in [4.78, 5) is 21.1. The van der Waals surface area contributed by atoms with Gasteiger partial charge in [0.1, 0.15) is 6.54 Å². The van der Waals surface area contributed by atoms with Crippen molar-refractivity contribution in [2.75, 3.05) is 34.3 Å². The molecule has 0 spiro atoms. The van der Waals surface area contributed by atoms with Crippen LogP contribution in [0.25, 0.3) is 0 Å². The molecule has 0 fully saturated rings. The van der Waals surface area contributed by atoms with Crippen LogP contribution in [-0.2, 0) is 14.3 Å². The lowest BCUT2D eigenvalue weighted by atomic mass is 10.1. The molecular formula is C21H43NO4. The maximum absolute atomic E-state index is 11.2. The standard InChI is InChI=1S/C16H32O2.C5H11NO2/c1-4-5-6-7-8-9-10-11-12-13-14-18-16(17)15(2)3;1-6(2,3)4-5(7)8/h15H,4-14H2,1-3H3;4H2,1-3H3. The molecule has 0 aromatic rings. The summed E-state index contributed by atoms with van der Waals surface area (Å²) < 4.78 is 5.56. The van der Waals surface area contributed by atoms with Gasteiger partial charge in [-0.3, -0.25) is 4.79 Å². The molecule has 0 N–H and O–H groups in total. The van der Waals surface area contributed by atoms with Gasteiger partial charge in [0, 0.05) is 0 Å². The molecule has 0 bridgehead atoms. The van der Waals surface area contributed by atoms with Gasteiger partial charge in [0.2, 0.25) is 0 Å². The number of likely N-dealkylation sites (N-methyl/N-ethyl adjacent to an activating group) is 1. The first-order valence-corrected chi connectivity index (χ1v) is 10.3. The Bertz CT molecular complexity index is 348. The second-order valence-electron chi connectivity index (χ2n) is 8.32. The summed E-state index contributed by atoms with van der Waals surface area (Å²) >= 11 is 0. The summed E-state index contributed by atoms with van der Waals surface area (Å²) in [6.45, 7) is 6.68. The molecule has 0 saturated carbocycles. The number of carboxylic acid groups (broad SMARTS) is 1. The molecule has 0 atom stereocenters. The van der Waals surface area contributed by atoms with Crippen molar-refractivity contribution < 1.29 is 23.9 Å². The second kappa shape index (κ2) is 17.3. The molecule has 0 aliphatic rings. The molecule has 0 aliphatic carbocycles. The molecule has 0 heterocycles. The van der Waals surface area contributed by atoms with E-state index in [1.54, 1.807) is 21.1 Å². The van der Waals surface area contributed by atoms with Crippen molar-refractivity contribution in [1.29, 1.82) is 0 Å². The number of carbonyl (C=O) groups is 2. The van der Waals surface area contributed by atoms with E-state index >= 15 is 0 Å². The van der Waals surface area contributed by atoms with Gasteiger partial charge >= 0.3 is 5.97 Å². The number of carbonyl (C=O) groups excluding carboxylic acids is 2. The van der Waals surface area contributed by atoms with E-state index in [0.717, 1.165) is 6.42 Å². The number of quaternary nitrogens is 1. The smallest absolute Gasteiger partial charge is 0.308 e. The van der Waals surface area contributed by atoms with E-state index in [1.807, 2.05) is 13.8 Å². The quantitative estimate of drug-likeness (QED) is 0.265. The number of esters is 1. The monoisotopic (exact) mass is 373 g/mol. The van der Waals surface area contributed by atoms with Gasteiger partial charge in [-0.15, -0.1) is 0 Å². The maximum atomic E-state index is 11.2. The van der Waals surface area contributed by atoms with Crippen LogP contribution in [0.15, 0.2) is 0 Å². The summed E-state index contributed by atoms with van der Waals surface area (Å²) in [5.74, 6) is -1.06. The van der Waals surface area contributed by atoms with Gasteiger partial charge in [0.25, 0.3) is 0 Å². The predicted molar refractivity (Wildman–Crippen MR) is 106 cm³/mol. The minimum Gasteiger partial charge on any atom is -0.544 e. The Kier molecular flexibility index (Phi) is 18.1. The third-order valence-electron chi connectivity index (χ3n) is 3.82. The topological polar surface area (TPSA) is 66.4 Å². The largest absolute Gasteiger partial charge is 0.544 e. The van der Waals surface area contributed by atoms with Crippen LogP contribution < -0.4 is 5.11 Å². The summed E-state index contributed by atoms with van der Waals surface area (Å²) in [6, 6.07) is 0. The highest BCUT2D eigenvalue weighted by molar-refractivity contribution is 5.71. The Morgan fingerprint density at radius 3 is 1.58 bits per heavy atom. The van der Waals surface area contributed by atoms with E-state index < -0.39 is 5.97 Å². The molecule has 0 aliphatic heterocycles. The third kappa shape index (κ3) is 25.1. The fraction of sp³-hybridized carbons (Fsp3) is 0.905. The van der Waals surface area contributed by atoms with Gasteiger partial charge in [-0.2, -0.15) is 0 Å². The summed E-state index contributed by atoms with van der Waals surface area (Å²) in [5.41, 5.74) is 0. The normalized spacial score (nSPS) is 11.0. The third-order valence-corrected chi connectivity index (χ3v) is 3.82. The number of ether oxygens (including phenoxy) is 1. The molecular weight excluding hydrogens is 330 g/mol. The zero-order chi connectivity index (χ0) is 20.4. The molecule has 0 amide bonds. The Labute approximate surface area is 161 Å². The highest BCUT2D eigenvalue weighted by atomic mass is 16.5. The number of hydrogen-bond donors (Lipinski definition) is 0. The Hall–Kier alpha value is -1.10. The van der Waals surface area contributed by atoms with Crippen LogP contribution in [0.3, 0.4) is 0 Å². The second-order valence-corrected chi connectivity index (χ2v) is 8.32. The number of aliphatic carboxylic acids is 1. The summed E-state index contributed by atoms with van der Waals surface area (Å²) in [5, 5.41) is 9.89. The molecule has 0 rings (SSSR count). The molecule has 0 aromatic carbocycles. The predicted octanol–water partition coefficient (Wildman–Crippen LogP) is 3.55. The van der Waals surface area contributed by atoms with Crippen molar-refractivity contribution in [3.8, 4) is 0 Å². The minimum absolute atomic E-state index is 0.00752. The van der Waals surface area contributed by atoms with E-state index in [9.17, 15) is 14.7 Å². The van der Waals surface area contributed by atoms with Crippen molar-refractivity contribution >= 4 is 11.9 Å². The maximum Gasteiger partial charge on any atom is 0.308 e. The van der Waals surface area contributed by atoms with Gasteiger partial charge < -0.3 is 19.1 Å². The van der Waals surface area contributed by atoms with Crippen LogP contribution >= 0.6 is 0 Å². The Morgan fingerprint density at radius 2 is 1.27 bits per heavy atom. The zero-order valence-electron chi connectivity index (χ0n) is 18.1. The van der Waals surface area contributed by atoms with Crippen LogP contribution in [0.4, 0.5) is 0 Å². The number of carboxylic acids is 1. The van der Waals surface area contributed by atoms with Crippen molar-refractivity contribution in [2.45, 2.75) is 85.0 Å². The van der Waals surface area contributed by atoms with Crippen LogP contribution in [0.5, 0.6) is 0 Å². The summed E-state index contributed by atoms with van der Waals surface area (Å²) in [7, 11) is 5.40. The van der Waals surface area contributed by atoms with Crippen molar-refractivity contribution in [2.24, 2.45) is 5.92 Å². The van der Waals surface area contributed by atoms with Gasteiger partial charge in [-0.05, 0) is 6.42 Å². The average molecular weight is 374 g/mol. The van der Waals surface area contributed by atoms with Crippen LogP contribution in [0, 0.1) is 5.92 Å². The summed E-state index contributed by atoms with van der Waals surface area (Å²) in [6.07, 6.45) is 13.1. The average Bonchev–Trinajstić information content (AvgIpc) is 2.50. The first-order valence-electron chi connectivity index (χ1n) is 10.3.